The van der Waals surface area contributed by atoms with Crippen molar-refractivity contribution in [3.8, 4) is 22.4 Å². The van der Waals surface area contributed by atoms with Crippen molar-refractivity contribution in [1.29, 1.82) is 0 Å². The Morgan fingerprint density at radius 2 is 1.79 bits per heavy atom. The van der Waals surface area contributed by atoms with Crippen LogP contribution in [0.3, 0.4) is 0 Å². The summed E-state index contributed by atoms with van der Waals surface area (Å²) >= 11 is 0. The molecule has 0 N–H and O–H groups in total. The average Bonchev–Trinajstić information content (AvgIpc) is 3.05. The third-order valence-corrected chi connectivity index (χ3v) is 4.94. The Labute approximate surface area is 164 Å². The van der Waals surface area contributed by atoms with E-state index in [4.69, 9.17) is 9.72 Å². The maximum absolute atomic E-state index is 5.51. The second-order valence-electron chi connectivity index (χ2n) is 7.44. The maximum atomic E-state index is 5.51. The van der Waals surface area contributed by atoms with Crippen molar-refractivity contribution in [3.05, 3.63) is 66.5 Å². The van der Waals surface area contributed by atoms with E-state index < -0.39 is 0 Å². The summed E-state index contributed by atoms with van der Waals surface area (Å²) in [5, 5.41) is 4.55. The molecule has 0 spiro atoms. The van der Waals surface area contributed by atoms with Crippen LogP contribution in [0.2, 0.25) is 0 Å². The highest BCUT2D eigenvalue weighted by molar-refractivity contribution is 5.80. The second-order valence-corrected chi connectivity index (χ2v) is 7.44. The Kier molecular flexibility index (Phi) is 4.65. The first-order valence-electron chi connectivity index (χ1n) is 9.24. The number of hydrogen-bond acceptors (Lipinski definition) is 5. The summed E-state index contributed by atoms with van der Waals surface area (Å²) in [6.45, 7) is 6.12. The topological polar surface area (TPSA) is 65.2 Å². The van der Waals surface area contributed by atoms with E-state index in [0.717, 1.165) is 45.8 Å². The molecule has 0 aliphatic heterocycles. The molecule has 0 atom stereocenters. The minimum Gasteiger partial charge on any atom is -0.378 e. The van der Waals surface area contributed by atoms with Gasteiger partial charge in [0, 0.05) is 55.1 Å². The van der Waals surface area contributed by atoms with E-state index in [9.17, 15) is 0 Å². The Balaban J connectivity index is 1.77. The first-order chi connectivity index (χ1) is 13.5. The van der Waals surface area contributed by atoms with Gasteiger partial charge in [-0.25, -0.2) is 9.50 Å². The molecular formula is C22H23N5O. The molecule has 0 bridgehead atoms. The van der Waals surface area contributed by atoms with Gasteiger partial charge in [-0.05, 0) is 56.7 Å². The Morgan fingerprint density at radius 1 is 1.00 bits per heavy atom. The summed E-state index contributed by atoms with van der Waals surface area (Å²) in [7, 11) is 1.72. The highest BCUT2D eigenvalue weighted by Crippen LogP contribution is 2.29. The number of fused-ring (bicyclic) bond motifs is 1. The Hall–Kier alpha value is -3.12. The molecule has 142 valence electrons. The third-order valence-electron chi connectivity index (χ3n) is 4.94. The summed E-state index contributed by atoms with van der Waals surface area (Å²) in [5.41, 5.74) is 6.53. The molecule has 0 aliphatic rings. The molecule has 0 fully saturated rings. The molecule has 0 aliphatic carbocycles. The SMILES string of the molecule is COC(C)(C)Cc1ccc(-c2c(C)nc3c(-c4ccncc4)ccnn23)cn1. The first kappa shape index (κ1) is 18.3. The van der Waals surface area contributed by atoms with E-state index in [2.05, 4.69) is 35.0 Å². The van der Waals surface area contributed by atoms with E-state index in [0.29, 0.717) is 0 Å². The largest absolute Gasteiger partial charge is 0.378 e. The fourth-order valence-corrected chi connectivity index (χ4v) is 3.32. The van der Waals surface area contributed by atoms with Crippen LogP contribution < -0.4 is 0 Å². The maximum Gasteiger partial charge on any atom is 0.162 e. The van der Waals surface area contributed by atoms with Crippen LogP contribution in [0.4, 0.5) is 0 Å². The number of aromatic nitrogens is 5. The van der Waals surface area contributed by atoms with Gasteiger partial charge in [-0.3, -0.25) is 9.97 Å². The van der Waals surface area contributed by atoms with Gasteiger partial charge in [0.25, 0.3) is 0 Å². The number of aryl methyl sites for hydroxylation is 1. The van der Waals surface area contributed by atoms with Gasteiger partial charge < -0.3 is 4.74 Å². The lowest BCUT2D eigenvalue weighted by atomic mass is 10.0. The molecule has 4 aromatic heterocycles. The number of nitrogens with zero attached hydrogens (tertiary/aromatic N) is 5. The summed E-state index contributed by atoms with van der Waals surface area (Å²) < 4.78 is 7.40. The predicted molar refractivity (Wildman–Crippen MR) is 109 cm³/mol. The van der Waals surface area contributed by atoms with E-state index in [1.165, 1.54) is 0 Å². The fraction of sp³-hybridized carbons (Fsp3) is 0.273. The number of rotatable bonds is 5. The van der Waals surface area contributed by atoms with Crippen molar-refractivity contribution in [2.75, 3.05) is 7.11 Å². The van der Waals surface area contributed by atoms with Crippen LogP contribution in [0.5, 0.6) is 0 Å². The monoisotopic (exact) mass is 373 g/mol. The Bertz CT molecular complexity index is 1100. The molecule has 0 saturated heterocycles. The van der Waals surface area contributed by atoms with Crippen LogP contribution in [-0.2, 0) is 11.2 Å². The second kappa shape index (κ2) is 7.13. The molecular weight excluding hydrogens is 350 g/mol. The van der Waals surface area contributed by atoms with Crippen LogP contribution in [0.25, 0.3) is 28.0 Å². The van der Waals surface area contributed by atoms with Crippen molar-refractivity contribution >= 4 is 5.65 Å². The van der Waals surface area contributed by atoms with E-state index in [1.807, 2.05) is 41.9 Å². The number of pyridine rings is 2. The van der Waals surface area contributed by atoms with Gasteiger partial charge in [0.05, 0.1) is 17.0 Å². The fourth-order valence-electron chi connectivity index (χ4n) is 3.32. The summed E-state index contributed by atoms with van der Waals surface area (Å²) in [4.78, 5) is 13.5. The van der Waals surface area contributed by atoms with E-state index in [1.54, 1.807) is 25.7 Å². The predicted octanol–water partition coefficient (Wildman–Crippen LogP) is 4.13. The van der Waals surface area contributed by atoms with Gasteiger partial charge in [-0.15, -0.1) is 0 Å². The van der Waals surface area contributed by atoms with Crippen LogP contribution >= 0.6 is 0 Å². The molecule has 6 nitrogen and oxygen atoms in total. The quantitative estimate of drug-likeness (QED) is 0.526. The molecule has 4 aromatic rings. The van der Waals surface area contributed by atoms with Crippen LogP contribution in [0, 0.1) is 6.92 Å². The zero-order valence-electron chi connectivity index (χ0n) is 16.5. The number of imidazole rings is 1. The van der Waals surface area contributed by atoms with Gasteiger partial charge in [-0.2, -0.15) is 5.10 Å². The van der Waals surface area contributed by atoms with Gasteiger partial charge >= 0.3 is 0 Å². The lowest BCUT2D eigenvalue weighted by molar-refractivity contribution is 0.0224. The highest BCUT2D eigenvalue weighted by Gasteiger charge is 2.19. The molecule has 0 saturated carbocycles. The zero-order chi connectivity index (χ0) is 19.7. The van der Waals surface area contributed by atoms with Crippen molar-refractivity contribution in [2.24, 2.45) is 0 Å². The van der Waals surface area contributed by atoms with Gasteiger partial charge in [-0.1, -0.05) is 0 Å². The van der Waals surface area contributed by atoms with Crippen molar-refractivity contribution in [2.45, 2.75) is 32.8 Å². The molecule has 6 heteroatoms. The van der Waals surface area contributed by atoms with Crippen LogP contribution in [-0.4, -0.2) is 37.3 Å². The smallest absolute Gasteiger partial charge is 0.162 e. The minimum absolute atomic E-state index is 0.241. The molecule has 4 heterocycles. The number of ether oxygens (including phenoxy) is 1. The molecule has 0 radical (unpaired) electrons. The summed E-state index contributed by atoms with van der Waals surface area (Å²) in [6.07, 6.45) is 8.01. The van der Waals surface area contributed by atoms with E-state index in [-0.39, 0.29) is 5.60 Å². The standard InChI is InChI=1S/C22H23N5O/c1-15-20(17-5-6-18(24-14-17)13-22(2,3)28-4)27-21(26-15)19(9-12-25-27)16-7-10-23-11-8-16/h5-12,14H,13H2,1-4H3. The van der Waals surface area contributed by atoms with Gasteiger partial charge in [0.15, 0.2) is 5.65 Å². The molecule has 0 unspecified atom stereocenters. The lowest BCUT2D eigenvalue weighted by Gasteiger charge is -2.22. The highest BCUT2D eigenvalue weighted by atomic mass is 16.5. The minimum atomic E-state index is -0.241. The summed E-state index contributed by atoms with van der Waals surface area (Å²) in [5.74, 6) is 0. The molecule has 0 amide bonds. The van der Waals surface area contributed by atoms with Crippen molar-refractivity contribution < 1.29 is 4.74 Å². The van der Waals surface area contributed by atoms with Crippen molar-refractivity contribution in [3.63, 3.8) is 0 Å². The molecule has 28 heavy (non-hydrogen) atoms. The number of methoxy groups -OCH3 is 1. The van der Waals surface area contributed by atoms with Crippen molar-refractivity contribution in [1.82, 2.24) is 24.6 Å². The lowest BCUT2D eigenvalue weighted by Crippen LogP contribution is -2.25. The van der Waals surface area contributed by atoms with Gasteiger partial charge in [0.2, 0.25) is 0 Å². The number of hydrogen-bond donors (Lipinski definition) is 0. The van der Waals surface area contributed by atoms with Gasteiger partial charge in [0.1, 0.15) is 0 Å². The van der Waals surface area contributed by atoms with E-state index >= 15 is 0 Å². The molecule has 0 aromatic carbocycles. The third kappa shape index (κ3) is 3.39. The summed E-state index contributed by atoms with van der Waals surface area (Å²) in [6, 6.07) is 10.1. The van der Waals surface area contributed by atoms with Crippen LogP contribution in [0.1, 0.15) is 25.2 Å². The normalized spacial score (nSPS) is 11.9. The first-order valence-corrected chi connectivity index (χ1v) is 9.24. The Morgan fingerprint density at radius 3 is 2.46 bits per heavy atom. The zero-order valence-corrected chi connectivity index (χ0v) is 16.5. The average molecular weight is 373 g/mol. The van der Waals surface area contributed by atoms with Crippen LogP contribution in [0.15, 0.2) is 55.1 Å². The molecule has 4 rings (SSSR count).